The topological polar surface area (TPSA) is 80.3 Å². The van der Waals surface area contributed by atoms with E-state index in [1.165, 1.54) is 7.11 Å². The number of hydrogen-bond donors (Lipinski definition) is 0. The number of carbonyl (C=O) groups excluding carboxylic acids is 2. The van der Waals surface area contributed by atoms with Gasteiger partial charge >= 0.3 is 11.9 Å². The van der Waals surface area contributed by atoms with Crippen molar-refractivity contribution in [1.82, 2.24) is 0 Å². The smallest absolute Gasteiger partial charge is 0.345 e. The van der Waals surface area contributed by atoms with Crippen LogP contribution in [0.2, 0.25) is 19.6 Å². The van der Waals surface area contributed by atoms with E-state index in [0.29, 0.717) is 11.3 Å². The van der Waals surface area contributed by atoms with Gasteiger partial charge in [0.2, 0.25) is 5.60 Å². The van der Waals surface area contributed by atoms with Crippen LogP contribution in [-0.4, -0.2) is 52.3 Å². The third kappa shape index (κ3) is 5.19. The zero-order valence-corrected chi connectivity index (χ0v) is 19.4. The fourth-order valence-corrected chi connectivity index (χ4v) is 4.32. The summed E-state index contributed by atoms with van der Waals surface area (Å²) in [6.45, 7) is 10.9. The van der Waals surface area contributed by atoms with E-state index < -0.39 is 31.5 Å². The quantitative estimate of drug-likeness (QED) is 0.512. The lowest BCUT2D eigenvalue weighted by atomic mass is 9.93. The number of hydrogen-bond acceptors (Lipinski definition) is 7. The van der Waals surface area contributed by atoms with E-state index in [2.05, 4.69) is 0 Å². The first-order valence-corrected chi connectivity index (χ1v) is 12.8. The molecule has 1 aliphatic rings. The Bertz CT molecular complexity index is 800. The Morgan fingerprint density at radius 2 is 1.66 bits per heavy atom. The van der Waals surface area contributed by atoms with Gasteiger partial charge < -0.3 is 23.4 Å². The van der Waals surface area contributed by atoms with Crippen LogP contribution < -0.4 is 4.74 Å². The second-order valence-corrected chi connectivity index (χ2v) is 13.2. The van der Waals surface area contributed by atoms with Crippen molar-refractivity contribution in [3.8, 4) is 5.75 Å². The predicted molar refractivity (Wildman–Crippen MR) is 111 cm³/mol. The van der Waals surface area contributed by atoms with Crippen molar-refractivity contribution in [3.63, 3.8) is 0 Å². The summed E-state index contributed by atoms with van der Waals surface area (Å²) in [5.41, 5.74) is -1.82. The molecule has 0 aliphatic carbocycles. The lowest BCUT2D eigenvalue weighted by molar-refractivity contribution is -0.164. The van der Waals surface area contributed by atoms with Crippen molar-refractivity contribution >= 4 is 26.0 Å². The maximum absolute atomic E-state index is 13.2. The van der Waals surface area contributed by atoms with Gasteiger partial charge in [-0.3, -0.25) is 0 Å². The molecule has 0 spiro atoms. The minimum atomic E-state index is -2.31. The highest BCUT2D eigenvalue weighted by Crippen LogP contribution is 2.42. The predicted octanol–water partition coefficient (Wildman–Crippen LogP) is 3.54. The third-order valence-corrected chi connectivity index (χ3v) is 4.96. The fourth-order valence-electron chi connectivity index (χ4n) is 3.03. The molecule has 1 aliphatic heterocycles. The molecule has 1 aromatic carbocycles. The number of esters is 2. The first-order valence-electron chi connectivity index (χ1n) is 9.37. The van der Waals surface area contributed by atoms with Crippen molar-refractivity contribution in [3.05, 3.63) is 35.4 Å². The van der Waals surface area contributed by atoms with Gasteiger partial charge in [-0.2, -0.15) is 0 Å². The van der Waals surface area contributed by atoms with E-state index in [4.69, 9.17) is 23.4 Å². The van der Waals surface area contributed by atoms with Crippen LogP contribution in [0.4, 0.5) is 0 Å². The molecule has 0 saturated carbocycles. The van der Waals surface area contributed by atoms with Gasteiger partial charge in [-0.25, -0.2) is 9.59 Å². The molecule has 0 amide bonds. The molecular formula is C21H30O7Si. The van der Waals surface area contributed by atoms with Gasteiger partial charge in [-0.1, -0.05) is 0 Å². The average molecular weight is 423 g/mol. The Balaban J connectivity index is 2.70. The molecule has 0 saturated heterocycles. The number of rotatable bonds is 6. The van der Waals surface area contributed by atoms with Gasteiger partial charge in [-0.15, -0.1) is 0 Å². The SMILES string of the molecule is COC(=O)C1(O[Si](C)(C)C)COC(c2ccc(OC)cc2)=C1C(=O)OC(C)(C)C. The minimum Gasteiger partial charge on any atom is -0.497 e. The summed E-state index contributed by atoms with van der Waals surface area (Å²) in [4.78, 5) is 26.1. The molecule has 1 heterocycles. The molecule has 1 unspecified atom stereocenters. The van der Waals surface area contributed by atoms with Gasteiger partial charge in [0, 0.05) is 5.56 Å². The molecular weight excluding hydrogens is 392 g/mol. The van der Waals surface area contributed by atoms with E-state index in [-0.39, 0.29) is 17.9 Å². The van der Waals surface area contributed by atoms with Gasteiger partial charge in [0.15, 0.2) is 8.32 Å². The second kappa shape index (κ2) is 8.20. The molecule has 0 N–H and O–H groups in total. The van der Waals surface area contributed by atoms with Crippen molar-refractivity contribution in [2.24, 2.45) is 0 Å². The third-order valence-electron chi connectivity index (χ3n) is 4.00. The van der Waals surface area contributed by atoms with Crippen LogP contribution in [-0.2, 0) is 28.2 Å². The summed E-state index contributed by atoms with van der Waals surface area (Å²) in [5.74, 6) is -0.469. The van der Waals surface area contributed by atoms with E-state index in [0.717, 1.165) is 0 Å². The minimum absolute atomic E-state index is 0.0202. The Labute approximate surface area is 173 Å². The molecule has 0 bridgehead atoms. The Hall–Kier alpha value is -2.32. The highest BCUT2D eigenvalue weighted by Gasteiger charge is 2.57. The van der Waals surface area contributed by atoms with Crippen LogP contribution in [0.3, 0.4) is 0 Å². The van der Waals surface area contributed by atoms with Gasteiger partial charge in [0.25, 0.3) is 0 Å². The Morgan fingerprint density at radius 1 is 1.07 bits per heavy atom. The molecule has 8 heteroatoms. The Morgan fingerprint density at radius 3 is 2.10 bits per heavy atom. The summed E-state index contributed by atoms with van der Waals surface area (Å²) in [6, 6.07) is 6.99. The van der Waals surface area contributed by atoms with Crippen molar-refractivity contribution in [1.29, 1.82) is 0 Å². The number of carbonyl (C=O) groups is 2. The van der Waals surface area contributed by atoms with Gasteiger partial charge in [0.1, 0.15) is 29.3 Å². The largest absolute Gasteiger partial charge is 0.497 e. The second-order valence-electron chi connectivity index (χ2n) is 8.76. The summed E-state index contributed by atoms with van der Waals surface area (Å²) >= 11 is 0. The van der Waals surface area contributed by atoms with E-state index in [1.807, 2.05) is 19.6 Å². The van der Waals surface area contributed by atoms with Gasteiger partial charge in [0.05, 0.1) is 14.2 Å². The molecule has 29 heavy (non-hydrogen) atoms. The zero-order chi connectivity index (χ0) is 22.0. The summed E-state index contributed by atoms with van der Waals surface area (Å²) in [7, 11) is 0.518. The first kappa shape index (κ1) is 23.0. The summed E-state index contributed by atoms with van der Waals surface area (Å²) in [5, 5.41) is 0. The molecule has 0 fully saturated rings. The van der Waals surface area contributed by atoms with E-state index in [1.54, 1.807) is 52.1 Å². The molecule has 0 aromatic heterocycles. The normalized spacial score (nSPS) is 19.6. The maximum Gasteiger partial charge on any atom is 0.345 e. The zero-order valence-electron chi connectivity index (χ0n) is 18.4. The maximum atomic E-state index is 13.2. The standard InChI is InChI=1S/C21H30O7Si/c1-20(2,3)27-18(22)16-17(14-9-11-15(24-4)12-10-14)26-13-21(16,19(23)25-5)28-29(6,7)8/h9-12H,13H2,1-8H3. The van der Waals surface area contributed by atoms with E-state index >= 15 is 0 Å². The molecule has 1 aromatic rings. The van der Waals surface area contributed by atoms with Crippen LogP contribution in [0.15, 0.2) is 29.8 Å². The lowest BCUT2D eigenvalue weighted by Crippen LogP contribution is -2.53. The number of ether oxygens (including phenoxy) is 4. The highest BCUT2D eigenvalue weighted by molar-refractivity contribution is 6.70. The Kier molecular flexibility index (Phi) is 6.49. The molecule has 160 valence electrons. The number of benzene rings is 1. The summed E-state index contributed by atoms with van der Waals surface area (Å²) in [6.07, 6.45) is 0. The average Bonchev–Trinajstić information content (AvgIpc) is 2.98. The van der Waals surface area contributed by atoms with Crippen LogP contribution >= 0.6 is 0 Å². The monoisotopic (exact) mass is 422 g/mol. The fraction of sp³-hybridized carbons (Fsp3) is 0.524. The van der Waals surface area contributed by atoms with Crippen LogP contribution in [0.5, 0.6) is 5.75 Å². The summed E-state index contributed by atoms with van der Waals surface area (Å²) < 4.78 is 28.0. The van der Waals surface area contributed by atoms with Crippen LogP contribution in [0.25, 0.3) is 5.76 Å². The molecule has 1 atom stereocenters. The lowest BCUT2D eigenvalue weighted by Gasteiger charge is -2.34. The highest BCUT2D eigenvalue weighted by atomic mass is 28.4. The van der Waals surface area contributed by atoms with Crippen molar-refractivity contribution in [2.75, 3.05) is 20.8 Å². The van der Waals surface area contributed by atoms with Gasteiger partial charge in [-0.05, 0) is 64.7 Å². The molecule has 7 nitrogen and oxygen atoms in total. The van der Waals surface area contributed by atoms with Crippen LogP contribution in [0, 0.1) is 0 Å². The van der Waals surface area contributed by atoms with Crippen molar-refractivity contribution < 1.29 is 33.0 Å². The number of methoxy groups -OCH3 is 2. The van der Waals surface area contributed by atoms with Crippen molar-refractivity contribution in [2.45, 2.75) is 51.6 Å². The van der Waals surface area contributed by atoms with E-state index in [9.17, 15) is 9.59 Å². The molecule has 2 rings (SSSR count). The molecule has 0 radical (unpaired) electrons. The van der Waals surface area contributed by atoms with Crippen LogP contribution in [0.1, 0.15) is 26.3 Å². The first-order chi connectivity index (χ1) is 13.3.